The van der Waals surface area contributed by atoms with Crippen LogP contribution in [-0.2, 0) is 0 Å². The topological polar surface area (TPSA) is 31.4 Å². The van der Waals surface area contributed by atoms with E-state index in [1.165, 1.54) is 17.7 Å². The SMILES string of the molecule is C=N/C(Br)=C\c1[nH]c(C2CC(C)(C)CN2C)cc1C. The molecule has 2 heterocycles. The van der Waals surface area contributed by atoms with E-state index >= 15 is 0 Å². The minimum absolute atomic E-state index is 0.387. The van der Waals surface area contributed by atoms with Crippen molar-refractivity contribution in [2.24, 2.45) is 10.4 Å². The Labute approximate surface area is 123 Å². The van der Waals surface area contributed by atoms with Gasteiger partial charge in [0.25, 0.3) is 0 Å². The molecule has 1 aromatic rings. The average Bonchev–Trinajstić information content (AvgIpc) is 2.79. The molecule has 0 aliphatic carbocycles. The zero-order valence-corrected chi connectivity index (χ0v) is 13.7. The molecule has 2 rings (SSSR count). The summed E-state index contributed by atoms with van der Waals surface area (Å²) in [5, 5.41) is 0. The summed E-state index contributed by atoms with van der Waals surface area (Å²) in [4.78, 5) is 9.82. The largest absolute Gasteiger partial charge is 0.357 e. The molecule has 104 valence electrons. The maximum absolute atomic E-state index is 3.87. The smallest absolute Gasteiger partial charge is 0.107 e. The zero-order chi connectivity index (χ0) is 14.2. The Kier molecular flexibility index (Phi) is 4.02. The number of aliphatic imine (C=N–C) groups is 1. The van der Waals surface area contributed by atoms with E-state index in [1.54, 1.807) is 0 Å². The van der Waals surface area contributed by atoms with E-state index < -0.39 is 0 Å². The van der Waals surface area contributed by atoms with Crippen molar-refractivity contribution in [1.82, 2.24) is 9.88 Å². The van der Waals surface area contributed by atoms with Crippen LogP contribution in [0.2, 0.25) is 0 Å². The molecule has 0 aromatic carbocycles. The standard InChI is InChI=1S/C15H22BrN3/c1-10-6-12(18-11(10)7-14(16)17-4)13-8-15(2,3)9-19(13)5/h6-7,13,18H,4,8-9H2,1-3,5H3/b14-7-. The molecular formula is C15H22BrN3. The van der Waals surface area contributed by atoms with E-state index in [9.17, 15) is 0 Å². The number of rotatable bonds is 3. The first-order valence-electron chi connectivity index (χ1n) is 6.56. The summed E-state index contributed by atoms with van der Waals surface area (Å²) in [5.74, 6) is 0. The van der Waals surface area contributed by atoms with Gasteiger partial charge < -0.3 is 4.98 Å². The molecule has 4 heteroatoms. The van der Waals surface area contributed by atoms with Crippen molar-refractivity contribution >= 4 is 28.7 Å². The van der Waals surface area contributed by atoms with Gasteiger partial charge in [-0.3, -0.25) is 9.89 Å². The normalized spacial score (nSPS) is 23.8. The third-order valence-electron chi connectivity index (χ3n) is 3.80. The molecule has 0 spiro atoms. The molecule has 1 atom stereocenters. The third kappa shape index (κ3) is 3.18. The van der Waals surface area contributed by atoms with Gasteiger partial charge in [-0.05, 0) is 66.2 Å². The first kappa shape index (κ1) is 14.5. The average molecular weight is 324 g/mol. The van der Waals surface area contributed by atoms with Crippen molar-refractivity contribution in [3.63, 3.8) is 0 Å². The Hall–Kier alpha value is -0.870. The monoisotopic (exact) mass is 323 g/mol. The van der Waals surface area contributed by atoms with Gasteiger partial charge in [0.1, 0.15) is 4.61 Å². The van der Waals surface area contributed by atoms with Crippen LogP contribution >= 0.6 is 15.9 Å². The molecule has 1 aliphatic rings. The first-order chi connectivity index (χ1) is 8.82. The Morgan fingerprint density at radius 3 is 2.84 bits per heavy atom. The van der Waals surface area contributed by atoms with Gasteiger partial charge in [-0.1, -0.05) is 13.8 Å². The molecule has 0 saturated carbocycles. The highest BCUT2D eigenvalue weighted by atomic mass is 79.9. The Morgan fingerprint density at radius 2 is 2.32 bits per heavy atom. The van der Waals surface area contributed by atoms with Crippen LogP contribution in [0.25, 0.3) is 6.08 Å². The lowest BCUT2D eigenvalue weighted by atomic mass is 9.90. The fraction of sp³-hybridized carbons (Fsp3) is 0.533. The molecule has 0 radical (unpaired) electrons. The highest BCUT2D eigenvalue weighted by Gasteiger charge is 2.36. The molecule has 1 N–H and O–H groups in total. The molecule has 1 saturated heterocycles. The van der Waals surface area contributed by atoms with Crippen molar-refractivity contribution in [3.05, 3.63) is 27.6 Å². The minimum Gasteiger partial charge on any atom is -0.357 e. The highest BCUT2D eigenvalue weighted by molar-refractivity contribution is 9.11. The Balaban J connectivity index is 2.28. The van der Waals surface area contributed by atoms with Crippen LogP contribution in [-0.4, -0.2) is 30.2 Å². The molecule has 19 heavy (non-hydrogen) atoms. The molecule has 1 unspecified atom stereocenters. The summed E-state index contributed by atoms with van der Waals surface area (Å²) in [6.07, 6.45) is 3.17. The minimum atomic E-state index is 0.387. The molecule has 1 fully saturated rings. The predicted molar refractivity (Wildman–Crippen MR) is 85.8 cm³/mol. The number of aryl methyl sites for hydroxylation is 1. The number of H-pyrrole nitrogens is 1. The van der Waals surface area contributed by atoms with Crippen molar-refractivity contribution in [2.45, 2.75) is 33.2 Å². The number of aromatic nitrogens is 1. The quantitative estimate of drug-likeness (QED) is 0.658. The Morgan fingerprint density at radius 1 is 1.63 bits per heavy atom. The number of hydrogen-bond acceptors (Lipinski definition) is 2. The van der Waals surface area contributed by atoms with E-state index in [4.69, 9.17) is 0 Å². The number of hydrogen-bond donors (Lipinski definition) is 1. The van der Waals surface area contributed by atoms with E-state index in [0.717, 1.165) is 16.8 Å². The molecule has 1 aromatic heterocycles. The molecule has 0 amide bonds. The van der Waals surface area contributed by atoms with Crippen molar-refractivity contribution < 1.29 is 0 Å². The summed E-state index contributed by atoms with van der Waals surface area (Å²) in [6, 6.07) is 2.73. The molecule has 1 aliphatic heterocycles. The summed E-state index contributed by atoms with van der Waals surface area (Å²) in [6.45, 7) is 11.4. The van der Waals surface area contributed by atoms with Gasteiger partial charge in [0.05, 0.1) is 6.04 Å². The van der Waals surface area contributed by atoms with E-state index in [1.807, 2.05) is 6.08 Å². The lowest BCUT2D eigenvalue weighted by Crippen LogP contribution is -2.20. The number of halogens is 1. The number of nitrogens with zero attached hydrogens (tertiary/aromatic N) is 2. The summed E-state index contributed by atoms with van der Waals surface area (Å²) in [5.41, 5.74) is 4.03. The lowest BCUT2D eigenvalue weighted by Gasteiger charge is -2.17. The summed E-state index contributed by atoms with van der Waals surface area (Å²) >= 11 is 3.37. The molecule has 3 nitrogen and oxygen atoms in total. The second kappa shape index (κ2) is 5.25. The van der Waals surface area contributed by atoms with E-state index in [-0.39, 0.29) is 0 Å². The van der Waals surface area contributed by atoms with Crippen LogP contribution in [0, 0.1) is 12.3 Å². The van der Waals surface area contributed by atoms with Crippen LogP contribution in [0.5, 0.6) is 0 Å². The number of likely N-dealkylation sites (tertiary alicyclic amines) is 1. The maximum Gasteiger partial charge on any atom is 0.107 e. The van der Waals surface area contributed by atoms with Crippen LogP contribution < -0.4 is 0 Å². The fourth-order valence-electron chi connectivity index (χ4n) is 2.97. The Bertz CT molecular complexity index is 513. The van der Waals surface area contributed by atoms with Crippen LogP contribution in [0.4, 0.5) is 0 Å². The molecular weight excluding hydrogens is 302 g/mol. The van der Waals surface area contributed by atoms with E-state index in [0.29, 0.717) is 11.5 Å². The van der Waals surface area contributed by atoms with Crippen molar-refractivity contribution in [2.75, 3.05) is 13.6 Å². The first-order valence-corrected chi connectivity index (χ1v) is 7.35. The summed E-state index contributed by atoms with van der Waals surface area (Å²) < 4.78 is 0.754. The van der Waals surface area contributed by atoms with Crippen LogP contribution in [0.1, 0.15) is 43.3 Å². The number of nitrogens with one attached hydrogen (secondary N) is 1. The number of aromatic amines is 1. The van der Waals surface area contributed by atoms with E-state index in [2.05, 4.69) is 71.4 Å². The third-order valence-corrected chi connectivity index (χ3v) is 4.28. The van der Waals surface area contributed by atoms with Crippen molar-refractivity contribution in [3.8, 4) is 0 Å². The summed E-state index contributed by atoms with van der Waals surface area (Å²) in [7, 11) is 2.20. The van der Waals surface area contributed by atoms with Gasteiger partial charge in [-0.15, -0.1) is 0 Å². The highest BCUT2D eigenvalue weighted by Crippen LogP contribution is 2.41. The van der Waals surface area contributed by atoms with Crippen LogP contribution in [0.15, 0.2) is 15.7 Å². The van der Waals surface area contributed by atoms with Crippen LogP contribution in [0.3, 0.4) is 0 Å². The van der Waals surface area contributed by atoms with Gasteiger partial charge in [-0.2, -0.15) is 0 Å². The lowest BCUT2D eigenvalue weighted by molar-refractivity contribution is 0.297. The molecule has 0 bridgehead atoms. The maximum atomic E-state index is 3.87. The predicted octanol–water partition coefficient (Wildman–Crippen LogP) is 4.12. The van der Waals surface area contributed by atoms with Gasteiger partial charge in [0.15, 0.2) is 0 Å². The second-order valence-corrected chi connectivity index (χ2v) is 7.06. The van der Waals surface area contributed by atoms with Gasteiger partial charge in [-0.25, -0.2) is 0 Å². The van der Waals surface area contributed by atoms with Gasteiger partial charge >= 0.3 is 0 Å². The van der Waals surface area contributed by atoms with Crippen molar-refractivity contribution in [1.29, 1.82) is 0 Å². The van der Waals surface area contributed by atoms with Gasteiger partial charge in [0.2, 0.25) is 0 Å². The zero-order valence-electron chi connectivity index (χ0n) is 12.1. The second-order valence-electron chi connectivity index (χ2n) is 6.25. The van der Waals surface area contributed by atoms with Gasteiger partial charge in [0, 0.05) is 17.9 Å². The fourth-order valence-corrected chi connectivity index (χ4v) is 3.20.